The summed E-state index contributed by atoms with van der Waals surface area (Å²) in [6.45, 7) is 2.86. The van der Waals surface area contributed by atoms with Crippen LogP contribution in [0.1, 0.15) is 39.1 Å². The third-order valence-electron chi connectivity index (χ3n) is 5.38. The lowest BCUT2D eigenvalue weighted by Crippen LogP contribution is -2.45. The Morgan fingerprint density at radius 3 is 2.31 bits per heavy atom. The maximum atomic E-state index is 12.7. The van der Waals surface area contributed by atoms with Gasteiger partial charge in [-0.3, -0.25) is 14.4 Å². The van der Waals surface area contributed by atoms with Crippen molar-refractivity contribution >= 4 is 17.6 Å². The van der Waals surface area contributed by atoms with Crippen LogP contribution < -0.4 is 10.1 Å². The molecule has 6 heteroatoms. The minimum absolute atomic E-state index is 0.0374. The zero-order chi connectivity index (χ0) is 20.8. The molecule has 2 amide bonds. The number of aryl methyl sites for hydroxylation is 1. The van der Waals surface area contributed by atoms with Crippen LogP contribution in [0.2, 0.25) is 0 Å². The van der Waals surface area contributed by atoms with Crippen molar-refractivity contribution in [3.63, 3.8) is 0 Å². The maximum absolute atomic E-state index is 12.7. The van der Waals surface area contributed by atoms with E-state index in [-0.39, 0.29) is 30.1 Å². The molecule has 6 nitrogen and oxygen atoms in total. The zero-order valence-corrected chi connectivity index (χ0v) is 16.8. The minimum Gasteiger partial charge on any atom is -0.497 e. The minimum atomic E-state index is -0.249. The molecule has 0 unspecified atom stereocenters. The summed E-state index contributed by atoms with van der Waals surface area (Å²) < 4.78 is 5.12. The van der Waals surface area contributed by atoms with E-state index in [2.05, 4.69) is 5.32 Å². The van der Waals surface area contributed by atoms with Crippen LogP contribution in [0.25, 0.3) is 0 Å². The predicted molar refractivity (Wildman–Crippen MR) is 110 cm³/mol. The molecule has 0 aliphatic carbocycles. The number of benzene rings is 2. The Hall–Kier alpha value is -3.15. The number of methoxy groups -OCH3 is 1. The van der Waals surface area contributed by atoms with Gasteiger partial charge in [-0.15, -0.1) is 0 Å². The van der Waals surface area contributed by atoms with E-state index in [4.69, 9.17) is 4.74 Å². The summed E-state index contributed by atoms with van der Waals surface area (Å²) in [5.74, 6) is 0.361. The number of piperidine rings is 1. The first-order valence-corrected chi connectivity index (χ1v) is 9.79. The van der Waals surface area contributed by atoms with Gasteiger partial charge in [0.05, 0.1) is 13.7 Å². The van der Waals surface area contributed by atoms with E-state index in [1.54, 1.807) is 48.4 Å². The number of amides is 2. The van der Waals surface area contributed by atoms with Gasteiger partial charge in [0.2, 0.25) is 5.91 Å². The Labute approximate surface area is 170 Å². The number of carbonyl (C=O) groups excluding carboxylic acids is 3. The third-order valence-corrected chi connectivity index (χ3v) is 5.38. The SMILES string of the molecule is COc1ccc(C(=O)C2CCN(C(=O)CNC(=O)c3ccccc3C)CC2)cc1. The molecule has 3 rings (SSSR count). The Morgan fingerprint density at radius 2 is 1.69 bits per heavy atom. The van der Waals surface area contributed by atoms with Crippen LogP contribution >= 0.6 is 0 Å². The molecular formula is C23H26N2O4. The highest BCUT2D eigenvalue weighted by Gasteiger charge is 2.28. The largest absolute Gasteiger partial charge is 0.497 e. The van der Waals surface area contributed by atoms with E-state index in [0.717, 1.165) is 11.3 Å². The molecule has 0 radical (unpaired) electrons. The molecule has 1 saturated heterocycles. The van der Waals surface area contributed by atoms with Crippen LogP contribution in [-0.2, 0) is 4.79 Å². The van der Waals surface area contributed by atoms with E-state index in [9.17, 15) is 14.4 Å². The fourth-order valence-corrected chi connectivity index (χ4v) is 3.57. The average molecular weight is 394 g/mol. The monoisotopic (exact) mass is 394 g/mol. The van der Waals surface area contributed by atoms with Crippen LogP contribution in [-0.4, -0.2) is 49.2 Å². The number of likely N-dealkylation sites (tertiary alicyclic amines) is 1. The Balaban J connectivity index is 1.48. The number of hydrogen-bond donors (Lipinski definition) is 1. The number of nitrogens with zero attached hydrogens (tertiary/aromatic N) is 1. The highest BCUT2D eigenvalue weighted by molar-refractivity contribution is 5.98. The highest BCUT2D eigenvalue weighted by Crippen LogP contribution is 2.23. The van der Waals surface area contributed by atoms with Crippen LogP contribution in [0, 0.1) is 12.8 Å². The van der Waals surface area contributed by atoms with Gasteiger partial charge in [0.25, 0.3) is 5.91 Å². The van der Waals surface area contributed by atoms with Crippen LogP contribution in [0.4, 0.5) is 0 Å². The predicted octanol–water partition coefficient (Wildman–Crippen LogP) is 2.85. The second kappa shape index (κ2) is 9.37. The number of Topliss-reactive ketones (excluding diaryl/α,β-unsaturated/α-hetero) is 1. The van der Waals surface area contributed by atoms with E-state index in [1.807, 2.05) is 19.1 Å². The van der Waals surface area contributed by atoms with Gasteiger partial charge in [-0.05, 0) is 55.7 Å². The second-order valence-electron chi connectivity index (χ2n) is 7.25. The summed E-state index contributed by atoms with van der Waals surface area (Å²) in [6.07, 6.45) is 1.25. The summed E-state index contributed by atoms with van der Waals surface area (Å²) in [7, 11) is 1.59. The van der Waals surface area contributed by atoms with Gasteiger partial charge >= 0.3 is 0 Å². The molecule has 0 atom stereocenters. The average Bonchev–Trinajstić information content (AvgIpc) is 2.77. The van der Waals surface area contributed by atoms with Crippen molar-refractivity contribution in [2.45, 2.75) is 19.8 Å². The molecule has 0 spiro atoms. The Bertz CT molecular complexity index is 884. The fraction of sp³-hybridized carbons (Fsp3) is 0.348. The number of rotatable bonds is 6. The quantitative estimate of drug-likeness (QED) is 0.765. The van der Waals surface area contributed by atoms with Gasteiger partial charge < -0.3 is 15.0 Å². The van der Waals surface area contributed by atoms with E-state index < -0.39 is 0 Å². The number of ketones is 1. The van der Waals surface area contributed by atoms with Gasteiger partial charge in [0.1, 0.15) is 5.75 Å². The first kappa shape index (κ1) is 20.6. The van der Waals surface area contributed by atoms with Gasteiger partial charge in [0.15, 0.2) is 5.78 Å². The van der Waals surface area contributed by atoms with Crippen molar-refractivity contribution in [1.29, 1.82) is 0 Å². The van der Waals surface area contributed by atoms with Crippen molar-refractivity contribution in [3.8, 4) is 5.75 Å². The molecule has 0 aromatic heterocycles. The molecule has 1 fully saturated rings. The standard InChI is InChI=1S/C23H26N2O4/c1-16-5-3-4-6-20(16)23(28)24-15-21(26)25-13-11-18(12-14-25)22(27)17-7-9-19(29-2)10-8-17/h3-10,18H,11-15H2,1-2H3,(H,24,28). The topological polar surface area (TPSA) is 75.7 Å². The first-order valence-electron chi connectivity index (χ1n) is 9.79. The van der Waals surface area contributed by atoms with Crippen molar-refractivity contribution in [2.24, 2.45) is 5.92 Å². The highest BCUT2D eigenvalue weighted by atomic mass is 16.5. The summed E-state index contributed by atoms with van der Waals surface area (Å²) in [5, 5.41) is 2.70. The van der Waals surface area contributed by atoms with Gasteiger partial charge in [0, 0.05) is 30.1 Å². The normalized spacial score (nSPS) is 14.3. The summed E-state index contributed by atoms with van der Waals surface area (Å²) in [6, 6.07) is 14.4. The third kappa shape index (κ3) is 5.02. The molecule has 29 heavy (non-hydrogen) atoms. The summed E-state index contributed by atoms with van der Waals surface area (Å²) >= 11 is 0. The summed E-state index contributed by atoms with van der Waals surface area (Å²) in [4.78, 5) is 39.1. The molecule has 1 aliphatic heterocycles. The number of ether oxygens (including phenoxy) is 1. The lowest BCUT2D eigenvalue weighted by molar-refractivity contribution is -0.131. The lowest BCUT2D eigenvalue weighted by atomic mass is 9.89. The molecule has 2 aromatic carbocycles. The van der Waals surface area contributed by atoms with Crippen LogP contribution in [0.3, 0.4) is 0 Å². The Morgan fingerprint density at radius 1 is 1.03 bits per heavy atom. The van der Waals surface area contributed by atoms with E-state index in [0.29, 0.717) is 37.1 Å². The van der Waals surface area contributed by atoms with Gasteiger partial charge in [-0.1, -0.05) is 18.2 Å². The smallest absolute Gasteiger partial charge is 0.251 e. The molecular weight excluding hydrogens is 368 g/mol. The molecule has 1 aliphatic rings. The Kier molecular flexibility index (Phi) is 6.65. The lowest BCUT2D eigenvalue weighted by Gasteiger charge is -2.31. The molecule has 152 valence electrons. The number of nitrogens with one attached hydrogen (secondary N) is 1. The molecule has 1 heterocycles. The van der Waals surface area contributed by atoms with Crippen molar-refractivity contribution < 1.29 is 19.1 Å². The molecule has 1 N–H and O–H groups in total. The fourth-order valence-electron chi connectivity index (χ4n) is 3.57. The summed E-state index contributed by atoms with van der Waals surface area (Å²) in [5.41, 5.74) is 2.11. The number of carbonyl (C=O) groups is 3. The van der Waals surface area contributed by atoms with Gasteiger partial charge in [-0.25, -0.2) is 0 Å². The van der Waals surface area contributed by atoms with Crippen molar-refractivity contribution in [3.05, 3.63) is 65.2 Å². The maximum Gasteiger partial charge on any atom is 0.251 e. The second-order valence-corrected chi connectivity index (χ2v) is 7.25. The van der Waals surface area contributed by atoms with Gasteiger partial charge in [-0.2, -0.15) is 0 Å². The molecule has 0 bridgehead atoms. The molecule has 0 saturated carbocycles. The van der Waals surface area contributed by atoms with E-state index >= 15 is 0 Å². The first-order chi connectivity index (χ1) is 14.0. The number of hydrogen-bond acceptors (Lipinski definition) is 4. The molecule has 2 aromatic rings. The zero-order valence-electron chi connectivity index (χ0n) is 16.8. The van der Waals surface area contributed by atoms with Crippen LogP contribution in [0.15, 0.2) is 48.5 Å². The van der Waals surface area contributed by atoms with Crippen LogP contribution in [0.5, 0.6) is 5.75 Å². The van der Waals surface area contributed by atoms with E-state index in [1.165, 1.54) is 0 Å². The van der Waals surface area contributed by atoms with Crippen molar-refractivity contribution in [2.75, 3.05) is 26.7 Å². The van der Waals surface area contributed by atoms with Crippen molar-refractivity contribution in [1.82, 2.24) is 10.2 Å².